The Morgan fingerprint density at radius 2 is 1.95 bits per heavy atom. The van der Waals surface area contributed by atoms with E-state index >= 15 is 0 Å². The average Bonchev–Trinajstić information content (AvgIpc) is 2.48. The number of halogens is 2. The van der Waals surface area contributed by atoms with Gasteiger partial charge in [-0.25, -0.2) is 8.78 Å². The Morgan fingerprint density at radius 3 is 2.57 bits per heavy atom. The fourth-order valence-corrected chi connectivity index (χ4v) is 2.03. The first-order chi connectivity index (χ1) is 10.0. The fraction of sp³-hybridized carbons (Fsp3) is 0.188. The maximum absolute atomic E-state index is 14.0. The second kappa shape index (κ2) is 6.23. The van der Waals surface area contributed by atoms with Gasteiger partial charge >= 0.3 is 0 Å². The minimum Gasteiger partial charge on any atom is -0.497 e. The van der Waals surface area contributed by atoms with E-state index in [1.807, 2.05) is 6.07 Å². The van der Waals surface area contributed by atoms with E-state index in [4.69, 9.17) is 10.00 Å². The minimum atomic E-state index is -0.486. The zero-order valence-corrected chi connectivity index (χ0v) is 11.7. The molecular weight excluding hydrogens is 274 g/mol. The molecule has 2 aromatic rings. The molecule has 1 N–H and O–H groups in total. The Labute approximate surface area is 121 Å². The standard InChI is InChI=1S/C16H14F2N2O/c1-10(14-5-4-13(21-2)8-15(14)18)20-16-6-3-12(17)7-11(16)9-19/h3-8,10,20H,1-2H3. The van der Waals surface area contributed by atoms with Crippen molar-refractivity contribution >= 4 is 5.69 Å². The number of anilines is 1. The van der Waals surface area contributed by atoms with E-state index in [1.165, 1.54) is 25.3 Å². The van der Waals surface area contributed by atoms with E-state index in [0.717, 1.165) is 6.07 Å². The van der Waals surface area contributed by atoms with Crippen molar-refractivity contribution in [1.29, 1.82) is 5.26 Å². The Kier molecular flexibility index (Phi) is 4.39. The summed E-state index contributed by atoms with van der Waals surface area (Å²) < 4.78 is 32.0. The van der Waals surface area contributed by atoms with E-state index in [9.17, 15) is 8.78 Å². The highest BCUT2D eigenvalue weighted by atomic mass is 19.1. The summed E-state index contributed by atoms with van der Waals surface area (Å²) >= 11 is 0. The fourth-order valence-electron chi connectivity index (χ4n) is 2.03. The number of methoxy groups -OCH3 is 1. The van der Waals surface area contributed by atoms with Gasteiger partial charge in [-0.15, -0.1) is 0 Å². The largest absolute Gasteiger partial charge is 0.497 e. The molecule has 0 bridgehead atoms. The second-order valence-corrected chi connectivity index (χ2v) is 4.56. The van der Waals surface area contributed by atoms with Crippen LogP contribution in [0.25, 0.3) is 0 Å². The highest BCUT2D eigenvalue weighted by molar-refractivity contribution is 5.58. The third kappa shape index (κ3) is 3.29. The summed E-state index contributed by atoms with van der Waals surface area (Å²) in [5, 5.41) is 12.0. The quantitative estimate of drug-likeness (QED) is 0.924. The van der Waals surface area contributed by atoms with Crippen LogP contribution in [-0.4, -0.2) is 7.11 Å². The molecule has 2 rings (SSSR count). The van der Waals surface area contributed by atoms with E-state index in [2.05, 4.69) is 5.32 Å². The van der Waals surface area contributed by atoms with Gasteiger partial charge in [0.2, 0.25) is 0 Å². The number of nitriles is 1. The summed E-state index contributed by atoms with van der Waals surface area (Å²) in [5.41, 5.74) is 1.07. The lowest BCUT2D eigenvalue weighted by atomic mass is 10.1. The van der Waals surface area contributed by atoms with Crippen LogP contribution in [0.4, 0.5) is 14.5 Å². The molecule has 0 amide bonds. The third-order valence-corrected chi connectivity index (χ3v) is 3.15. The second-order valence-electron chi connectivity index (χ2n) is 4.56. The molecule has 21 heavy (non-hydrogen) atoms. The Morgan fingerprint density at radius 1 is 1.19 bits per heavy atom. The Bertz CT molecular complexity index is 695. The lowest BCUT2D eigenvalue weighted by molar-refractivity contribution is 0.410. The average molecular weight is 288 g/mol. The van der Waals surface area contributed by atoms with Crippen molar-refractivity contribution in [2.24, 2.45) is 0 Å². The van der Waals surface area contributed by atoms with Crippen molar-refractivity contribution in [3.05, 3.63) is 59.2 Å². The van der Waals surface area contributed by atoms with Gasteiger partial charge in [-0.05, 0) is 31.2 Å². The van der Waals surface area contributed by atoms with Gasteiger partial charge in [0.05, 0.1) is 24.4 Å². The van der Waals surface area contributed by atoms with Crippen LogP contribution in [0, 0.1) is 23.0 Å². The van der Waals surface area contributed by atoms with Crippen LogP contribution >= 0.6 is 0 Å². The van der Waals surface area contributed by atoms with E-state index < -0.39 is 11.6 Å². The van der Waals surface area contributed by atoms with Gasteiger partial charge < -0.3 is 10.1 Å². The molecule has 0 radical (unpaired) electrons. The SMILES string of the molecule is COc1ccc(C(C)Nc2ccc(F)cc2C#N)c(F)c1. The van der Waals surface area contributed by atoms with Crippen molar-refractivity contribution in [3.63, 3.8) is 0 Å². The molecule has 0 spiro atoms. The first-order valence-corrected chi connectivity index (χ1v) is 6.34. The number of benzene rings is 2. The molecule has 0 aromatic heterocycles. The number of hydrogen-bond donors (Lipinski definition) is 1. The first-order valence-electron chi connectivity index (χ1n) is 6.34. The van der Waals surface area contributed by atoms with E-state index in [1.54, 1.807) is 19.1 Å². The normalized spacial score (nSPS) is 11.6. The topological polar surface area (TPSA) is 45.0 Å². The molecule has 0 saturated carbocycles. The monoisotopic (exact) mass is 288 g/mol. The lowest BCUT2D eigenvalue weighted by Gasteiger charge is -2.17. The predicted octanol–water partition coefficient (Wildman–Crippen LogP) is 4.02. The van der Waals surface area contributed by atoms with Crippen LogP contribution in [0.15, 0.2) is 36.4 Å². The highest BCUT2D eigenvalue weighted by Gasteiger charge is 2.13. The number of rotatable bonds is 4. The van der Waals surface area contributed by atoms with Gasteiger partial charge in [-0.3, -0.25) is 0 Å². The molecule has 3 nitrogen and oxygen atoms in total. The summed E-state index contributed by atoms with van der Waals surface area (Å²) in [6, 6.07) is 9.95. The molecule has 5 heteroatoms. The van der Waals surface area contributed by atoms with Gasteiger partial charge in [0.1, 0.15) is 23.5 Å². The number of nitrogens with one attached hydrogen (secondary N) is 1. The number of ether oxygens (including phenoxy) is 1. The zero-order valence-electron chi connectivity index (χ0n) is 11.7. The molecule has 0 aliphatic rings. The lowest BCUT2D eigenvalue weighted by Crippen LogP contribution is -2.10. The van der Waals surface area contributed by atoms with Crippen LogP contribution < -0.4 is 10.1 Å². The molecule has 2 aromatic carbocycles. The van der Waals surface area contributed by atoms with Crippen LogP contribution in [0.2, 0.25) is 0 Å². The van der Waals surface area contributed by atoms with Crippen molar-refractivity contribution in [3.8, 4) is 11.8 Å². The van der Waals surface area contributed by atoms with Gasteiger partial charge in [0, 0.05) is 11.6 Å². The van der Waals surface area contributed by atoms with Crippen molar-refractivity contribution in [1.82, 2.24) is 0 Å². The van der Waals surface area contributed by atoms with Crippen LogP contribution in [0.3, 0.4) is 0 Å². The molecule has 1 unspecified atom stereocenters. The molecule has 0 aliphatic heterocycles. The minimum absolute atomic E-state index is 0.177. The van der Waals surface area contributed by atoms with Crippen LogP contribution in [0.5, 0.6) is 5.75 Å². The molecule has 0 saturated heterocycles. The van der Waals surface area contributed by atoms with E-state index in [-0.39, 0.29) is 11.6 Å². The maximum Gasteiger partial charge on any atom is 0.132 e. The maximum atomic E-state index is 14.0. The highest BCUT2D eigenvalue weighted by Crippen LogP contribution is 2.26. The van der Waals surface area contributed by atoms with Gasteiger partial charge in [-0.2, -0.15) is 5.26 Å². The Hall–Kier alpha value is -2.61. The Balaban J connectivity index is 2.26. The van der Waals surface area contributed by atoms with Crippen molar-refractivity contribution in [2.45, 2.75) is 13.0 Å². The van der Waals surface area contributed by atoms with Crippen LogP contribution in [0.1, 0.15) is 24.1 Å². The summed E-state index contributed by atoms with van der Waals surface area (Å²) in [5.74, 6) is -0.460. The summed E-state index contributed by atoms with van der Waals surface area (Å²) in [4.78, 5) is 0. The van der Waals surface area contributed by atoms with Crippen molar-refractivity contribution in [2.75, 3.05) is 12.4 Å². The smallest absolute Gasteiger partial charge is 0.132 e. The zero-order chi connectivity index (χ0) is 15.4. The molecular formula is C16H14F2N2O. The van der Waals surface area contributed by atoms with Gasteiger partial charge in [-0.1, -0.05) is 6.07 Å². The van der Waals surface area contributed by atoms with Crippen molar-refractivity contribution < 1.29 is 13.5 Å². The number of hydrogen-bond acceptors (Lipinski definition) is 3. The first kappa shape index (κ1) is 14.8. The third-order valence-electron chi connectivity index (χ3n) is 3.15. The van der Waals surface area contributed by atoms with Crippen LogP contribution in [-0.2, 0) is 0 Å². The molecule has 108 valence electrons. The molecule has 1 atom stereocenters. The van der Waals surface area contributed by atoms with Gasteiger partial charge in [0.15, 0.2) is 0 Å². The van der Waals surface area contributed by atoms with E-state index in [0.29, 0.717) is 17.0 Å². The predicted molar refractivity (Wildman–Crippen MR) is 76.1 cm³/mol. The molecule has 0 aliphatic carbocycles. The summed E-state index contributed by atoms with van der Waals surface area (Å²) in [7, 11) is 1.47. The van der Waals surface area contributed by atoms with Gasteiger partial charge in [0.25, 0.3) is 0 Å². The summed E-state index contributed by atoms with van der Waals surface area (Å²) in [6.07, 6.45) is 0. The number of nitrogens with zero attached hydrogens (tertiary/aromatic N) is 1. The molecule has 0 heterocycles. The summed E-state index contributed by atoms with van der Waals surface area (Å²) in [6.45, 7) is 1.76. The molecule has 0 fully saturated rings.